The minimum atomic E-state index is -1.37. The van der Waals surface area contributed by atoms with E-state index in [9.17, 15) is 9.59 Å². The third-order valence-corrected chi connectivity index (χ3v) is 7.52. The van der Waals surface area contributed by atoms with Crippen LogP contribution in [0.15, 0.2) is 119 Å². The first kappa shape index (κ1) is 25.2. The van der Waals surface area contributed by atoms with E-state index >= 15 is 0 Å². The average Bonchev–Trinajstić information content (AvgIpc) is 3.00. The quantitative estimate of drug-likeness (QED) is 0.273. The van der Waals surface area contributed by atoms with Crippen LogP contribution in [0.25, 0.3) is 17.1 Å². The number of carbonyl (C=O) groups excluding carboxylic acids is 1. The van der Waals surface area contributed by atoms with Gasteiger partial charge in [0.1, 0.15) is 17.3 Å². The van der Waals surface area contributed by atoms with Crippen molar-refractivity contribution in [1.29, 1.82) is 0 Å². The third kappa shape index (κ3) is 4.05. The molecule has 0 saturated carbocycles. The molecule has 0 fully saturated rings. The molecule has 196 valence electrons. The molecule has 6 rings (SSSR count). The van der Waals surface area contributed by atoms with Crippen LogP contribution in [0.4, 0.5) is 5.69 Å². The third-order valence-electron chi connectivity index (χ3n) is 7.52. The fourth-order valence-electron chi connectivity index (χ4n) is 5.25. The molecule has 1 aliphatic rings. The Labute approximate surface area is 232 Å². The van der Waals surface area contributed by atoms with Gasteiger partial charge in [0, 0.05) is 17.3 Å². The zero-order chi connectivity index (χ0) is 27.9. The average molecular weight is 526 g/mol. The zero-order valence-corrected chi connectivity index (χ0v) is 22.5. The van der Waals surface area contributed by atoms with Crippen LogP contribution >= 0.6 is 0 Å². The lowest BCUT2D eigenvalue weighted by Gasteiger charge is -2.34. The molecule has 4 aromatic carbocycles. The summed E-state index contributed by atoms with van der Waals surface area (Å²) in [5.41, 5.74) is 3.29. The zero-order valence-electron chi connectivity index (χ0n) is 22.5. The molecule has 0 aliphatic carbocycles. The molecule has 5 aromatic rings. The highest BCUT2D eigenvalue weighted by Gasteiger charge is 2.47. The Kier molecular flexibility index (Phi) is 6.23. The van der Waals surface area contributed by atoms with Crippen LogP contribution in [0.1, 0.15) is 29.2 Å². The molecule has 6 nitrogen and oxygen atoms in total. The number of para-hydroxylation sites is 1. The highest BCUT2D eigenvalue weighted by molar-refractivity contribution is 6.50. The van der Waals surface area contributed by atoms with Crippen LogP contribution in [-0.2, 0) is 10.2 Å². The number of fused-ring (bicyclic) bond motifs is 1. The van der Waals surface area contributed by atoms with Crippen LogP contribution in [0.2, 0.25) is 0 Å². The SMILES string of the molecule is COc1ccc2c(c1)C(C)(c1cnc(-c3ccccc3)n(-c3ccccc3)c1=O)C(=O)C(c1ccc(C)cc1)=N2. The monoisotopic (exact) mass is 525 g/mol. The van der Waals surface area contributed by atoms with Crippen molar-refractivity contribution < 1.29 is 9.53 Å². The summed E-state index contributed by atoms with van der Waals surface area (Å²) in [6, 6.07) is 32.0. The van der Waals surface area contributed by atoms with E-state index in [1.54, 1.807) is 30.9 Å². The Morgan fingerprint density at radius 1 is 0.775 bits per heavy atom. The molecular formula is C34H27N3O3. The summed E-state index contributed by atoms with van der Waals surface area (Å²) >= 11 is 0. The van der Waals surface area contributed by atoms with E-state index in [4.69, 9.17) is 14.7 Å². The maximum absolute atomic E-state index is 14.6. The lowest BCUT2D eigenvalue weighted by Crippen LogP contribution is -2.46. The number of aryl methyl sites for hydroxylation is 1. The van der Waals surface area contributed by atoms with Crippen LogP contribution < -0.4 is 10.3 Å². The van der Waals surface area contributed by atoms with Crippen molar-refractivity contribution in [2.24, 2.45) is 4.99 Å². The molecule has 0 saturated heterocycles. The van der Waals surface area contributed by atoms with E-state index in [1.807, 2.05) is 104 Å². The highest BCUT2D eigenvalue weighted by Crippen LogP contribution is 2.43. The van der Waals surface area contributed by atoms with Gasteiger partial charge in [-0.25, -0.2) is 9.98 Å². The van der Waals surface area contributed by atoms with Gasteiger partial charge in [-0.1, -0.05) is 78.4 Å². The Morgan fingerprint density at radius 3 is 2.12 bits per heavy atom. The Hall–Kier alpha value is -5.10. The van der Waals surface area contributed by atoms with E-state index in [0.29, 0.717) is 39.8 Å². The summed E-state index contributed by atoms with van der Waals surface area (Å²) in [6.45, 7) is 3.78. The Balaban J connectivity index is 1.65. The number of hydrogen-bond acceptors (Lipinski definition) is 5. The van der Waals surface area contributed by atoms with Gasteiger partial charge in [0.2, 0.25) is 0 Å². The van der Waals surface area contributed by atoms with Gasteiger partial charge in [0.15, 0.2) is 5.78 Å². The van der Waals surface area contributed by atoms with Crippen LogP contribution in [-0.4, -0.2) is 28.2 Å². The molecule has 0 radical (unpaired) electrons. The predicted molar refractivity (Wildman–Crippen MR) is 157 cm³/mol. The molecule has 0 bridgehead atoms. The van der Waals surface area contributed by atoms with Crippen molar-refractivity contribution in [2.45, 2.75) is 19.3 Å². The number of rotatable bonds is 5. The number of ketones is 1. The van der Waals surface area contributed by atoms with Gasteiger partial charge in [-0.15, -0.1) is 0 Å². The van der Waals surface area contributed by atoms with Crippen LogP contribution in [0.3, 0.4) is 0 Å². The molecule has 2 heterocycles. The molecule has 1 aromatic heterocycles. The standard InChI is InChI=1S/C34H27N3O3/c1-22-14-16-23(17-15-22)30-31(38)34(2,27-20-26(40-3)18-19-29(27)36-30)28-21-35-32(24-10-6-4-7-11-24)37(33(28)39)25-12-8-5-9-13-25/h4-21H,1-3H3. The maximum Gasteiger partial charge on any atom is 0.262 e. The number of hydrogen-bond donors (Lipinski definition) is 0. The minimum Gasteiger partial charge on any atom is -0.497 e. The van der Waals surface area contributed by atoms with Crippen molar-refractivity contribution in [3.05, 3.63) is 142 Å². The van der Waals surface area contributed by atoms with E-state index in [-0.39, 0.29) is 16.9 Å². The maximum atomic E-state index is 14.6. The van der Waals surface area contributed by atoms with Gasteiger partial charge in [-0.05, 0) is 49.7 Å². The first-order valence-electron chi connectivity index (χ1n) is 13.0. The smallest absolute Gasteiger partial charge is 0.262 e. The van der Waals surface area contributed by atoms with Crippen LogP contribution in [0.5, 0.6) is 5.75 Å². The van der Waals surface area contributed by atoms with Gasteiger partial charge in [0.05, 0.1) is 29.5 Å². The summed E-state index contributed by atoms with van der Waals surface area (Å²) < 4.78 is 7.09. The van der Waals surface area contributed by atoms with Crippen molar-refractivity contribution in [1.82, 2.24) is 9.55 Å². The van der Waals surface area contributed by atoms with Crippen LogP contribution in [0, 0.1) is 6.92 Å². The normalized spacial score (nSPS) is 16.3. The number of aromatic nitrogens is 2. The van der Waals surface area contributed by atoms with Gasteiger partial charge in [-0.2, -0.15) is 0 Å². The van der Waals surface area contributed by atoms with Crippen molar-refractivity contribution in [3.63, 3.8) is 0 Å². The minimum absolute atomic E-state index is 0.259. The molecule has 1 unspecified atom stereocenters. The molecule has 1 atom stereocenters. The fraction of sp³-hybridized carbons (Fsp3) is 0.118. The molecule has 0 amide bonds. The topological polar surface area (TPSA) is 73.6 Å². The largest absolute Gasteiger partial charge is 0.497 e. The number of Topliss-reactive ketones (excluding diaryl/α,β-unsaturated/α-hetero) is 1. The summed E-state index contributed by atoms with van der Waals surface area (Å²) in [5.74, 6) is 0.790. The van der Waals surface area contributed by atoms with Crippen molar-refractivity contribution in [2.75, 3.05) is 7.11 Å². The first-order valence-corrected chi connectivity index (χ1v) is 13.0. The van der Waals surface area contributed by atoms with E-state index < -0.39 is 5.41 Å². The molecule has 40 heavy (non-hydrogen) atoms. The second-order valence-corrected chi connectivity index (χ2v) is 10.0. The van der Waals surface area contributed by atoms with E-state index in [2.05, 4.69) is 0 Å². The van der Waals surface area contributed by atoms with E-state index in [0.717, 1.165) is 11.1 Å². The van der Waals surface area contributed by atoms with Crippen molar-refractivity contribution >= 4 is 17.2 Å². The second kappa shape index (κ2) is 9.89. The number of ether oxygens (including phenoxy) is 1. The van der Waals surface area contributed by atoms with E-state index in [1.165, 1.54) is 0 Å². The summed E-state index contributed by atoms with van der Waals surface area (Å²) in [4.78, 5) is 38.7. The number of aliphatic imine (C=N–C) groups is 1. The summed E-state index contributed by atoms with van der Waals surface area (Å²) in [6.07, 6.45) is 1.54. The number of methoxy groups -OCH3 is 1. The van der Waals surface area contributed by atoms with Gasteiger partial charge >= 0.3 is 0 Å². The lowest BCUT2D eigenvalue weighted by atomic mass is 9.69. The number of nitrogens with zero attached hydrogens (tertiary/aromatic N) is 3. The molecule has 0 N–H and O–H groups in total. The number of carbonyl (C=O) groups is 1. The second-order valence-electron chi connectivity index (χ2n) is 10.0. The predicted octanol–water partition coefficient (Wildman–Crippen LogP) is 6.23. The first-order chi connectivity index (χ1) is 19.4. The molecular weight excluding hydrogens is 498 g/mol. The van der Waals surface area contributed by atoms with Gasteiger partial charge in [-0.3, -0.25) is 14.2 Å². The van der Waals surface area contributed by atoms with Crippen molar-refractivity contribution in [3.8, 4) is 22.8 Å². The Morgan fingerprint density at radius 2 is 1.45 bits per heavy atom. The summed E-state index contributed by atoms with van der Waals surface area (Å²) in [7, 11) is 1.57. The molecule has 0 spiro atoms. The fourth-order valence-corrected chi connectivity index (χ4v) is 5.25. The molecule has 1 aliphatic heterocycles. The van der Waals surface area contributed by atoms with Gasteiger partial charge in [0.25, 0.3) is 5.56 Å². The lowest BCUT2D eigenvalue weighted by molar-refractivity contribution is -0.116. The molecule has 6 heteroatoms. The number of benzene rings is 4. The Bertz CT molecular complexity index is 1830. The van der Waals surface area contributed by atoms with Gasteiger partial charge < -0.3 is 4.74 Å². The summed E-state index contributed by atoms with van der Waals surface area (Å²) in [5, 5.41) is 0. The highest BCUT2D eigenvalue weighted by atomic mass is 16.5.